The number of fused-ring (bicyclic) bond motifs is 1. The lowest BCUT2D eigenvalue weighted by atomic mass is 9.88. The van der Waals surface area contributed by atoms with Gasteiger partial charge >= 0.3 is 0 Å². The van der Waals surface area contributed by atoms with Crippen molar-refractivity contribution in [3.8, 4) is 0 Å². The number of alkyl halides is 1. The first-order chi connectivity index (χ1) is 9.52. The fourth-order valence-corrected chi connectivity index (χ4v) is 3.05. The maximum atomic E-state index is 12.2. The highest BCUT2D eigenvalue weighted by Gasteiger charge is 2.19. The monoisotopic (exact) mass is 337 g/mol. The van der Waals surface area contributed by atoms with Crippen LogP contribution in [0.4, 0.5) is 0 Å². The molecule has 0 radical (unpaired) electrons. The molecule has 1 aliphatic carbocycles. The predicted molar refractivity (Wildman–Crippen MR) is 87.6 cm³/mol. The molecule has 110 valence electrons. The molecule has 3 heteroatoms. The van der Waals surface area contributed by atoms with Gasteiger partial charge in [-0.1, -0.05) is 35.8 Å². The topological polar surface area (TPSA) is 29.1 Å². The molecule has 1 aliphatic rings. The zero-order valence-electron chi connectivity index (χ0n) is 12.5. The van der Waals surface area contributed by atoms with Crippen molar-refractivity contribution in [2.45, 2.75) is 46.0 Å². The summed E-state index contributed by atoms with van der Waals surface area (Å²) in [7, 11) is 0. The first-order valence-corrected chi connectivity index (χ1v) is 8.60. The summed E-state index contributed by atoms with van der Waals surface area (Å²) in [4.78, 5) is 12.2. The summed E-state index contributed by atoms with van der Waals surface area (Å²) in [5, 5.41) is 4.11. The van der Waals surface area contributed by atoms with Gasteiger partial charge in [0, 0.05) is 17.4 Å². The number of amides is 1. The van der Waals surface area contributed by atoms with Crippen LogP contribution in [-0.4, -0.2) is 17.8 Å². The maximum absolute atomic E-state index is 12.2. The largest absolute Gasteiger partial charge is 0.352 e. The molecule has 20 heavy (non-hydrogen) atoms. The van der Waals surface area contributed by atoms with Crippen LogP contribution in [0.15, 0.2) is 18.2 Å². The van der Waals surface area contributed by atoms with Gasteiger partial charge in [0.05, 0.1) is 0 Å². The van der Waals surface area contributed by atoms with E-state index in [0.717, 1.165) is 43.1 Å². The van der Waals surface area contributed by atoms with E-state index in [0.29, 0.717) is 0 Å². The van der Waals surface area contributed by atoms with E-state index in [1.807, 2.05) is 6.07 Å². The quantitative estimate of drug-likeness (QED) is 0.777. The third kappa shape index (κ3) is 4.08. The number of rotatable bonds is 6. The zero-order chi connectivity index (χ0) is 14.6. The average Bonchev–Trinajstić information content (AvgIpc) is 2.90. The molecule has 0 atom stereocenters. The summed E-state index contributed by atoms with van der Waals surface area (Å²) in [6.07, 6.45) is 5.76. The van der Waals surface area contributed by atoms with Crippen molar-refractivity contribution in [2.24, 2.45) is 5.41 Å². The lowest BCUT2D eigenvalue weighted by molar-refractivity contribution is 0.0934. The van der Waals surface area contributed by atoms with Crippen molar-refractivity contribution < 1.29 is 4.79 Å². The van der Waals surface area contributed by atoms with Gasteiger partial charge in [0.2, 0.25) is 0 Å². The van der Waals surface area contributed by atoms with Crippen molar-refractivity contribution in [3.05, 3.63) is 34.9 Å². The third-order valence-corrected chi connectivity index (χ3v) is 4.64. The lowest BCUT2D eigenvalue weighted by Crippen LogP contribution is -2.34. The van der Waals surface area contributed by atoms with E-state index in [4.69, 9.17) is 0 Å². The van der Waals surface area contributed by atoms with Gasteiger partial charge < -0.3 is 5.32 Å². The highest BCUT2D eigenvalue weighted by molar-refractivity contribution is 9.09. The van der Waals surface area contributed by atoms with Crippen LogP contribution < -0.4 is 5.32 Å². The van der Waals surface area contributed by atoms with Crippen molar-refractivity contribution in [2.75, 3.05) is 11.9 Å². The Hall–Kier alpha value is -0.830. The van der Waals surface area contributed by atoms with Crippen molar-refractivity contribution in [1.29, 1.82) is 0 Å². The van der Waals surface area contributed by atoms with Crippen molar-refractivity contribution >= 4 is 21.8 Å². The SMILES string of the molecule is CC(C)(CCCBr)CNC(=O)c1ccc2c(c1)CCC2. The number of nitrogens with one attached hydrogen (secondary N) is 1. The predicted octanol–water partition coefficient (Wildman–Crippen LogP) is 4.11. The molecule has 0 saturated carbocycles. The van der Waals surface area contributed by atoms with Crippen LogP contribution in [0.5, 0.6) is 0 Å². The minimum Gasteiger partial charge on any atom is -0.352 e. The molecule has 1 aromatic carbocycles. The summed E-state index contributed by atoms with van der Waals surface area (Å²) >= 11 is 3.46. The minimum absolute atomic E-state index is 0.0617. The van der Waals surface area contributed by atoms with Crippen LogP contribution in [-0.2, 0) is 12.8 Å². The van der Waals surface area contributed by atoms with Crippen molar-refractivity contribution in [1.82, 2.24) is 5.32 Å². The molecule has 0 spiro atoms. The minimum atomic E-state index is 0.0617. The molecule has 1 N–H and O–H groups in total. The Kier molecular flexibility index (Phi) is 5.25. The Labute approximate surface area is 130 Å². The zero-order valence-corrected chi connectivity index (χ0v) is 14.1. The van der Waals surface area contributed by atoms with Gasteiger partial charge in [-0.05, 0) is 60.8 Å². The summed E-state index contributed by atoms with van der Waals surface area (Å²) in [6.45, 7) is 5.15. The van der Waals surface area contributed by atoms with Crippen LogP contribution in [0, 0.1) is 5.41 Å². The third-order valence-electron chi connectivity index (χ3n) is 4.08. The Bertz CT molecular complexity index is 482. The van der Waals surface area contributed by atoms with E-state index in [2.05, 4.69) is 47.2 Å². The molecule has 0 fully saturated rings. The lowest BCUT2D eigenvalue weighted by Gasteiger charge is -2.24. The Morgan fingerprint density at radius 3 is 2.80 bits per heavy atom. The fourth-order valence-electron chi connectivity index (χ4n) is 2.77. The normalized spacial score (nSPS) is 14.2. The van der Waals surface area contributed by atoms with Crippen molar-refractivity contribution in [3.63, 3.8) is 0 Å². The summed E-state index contributed by atoms with van der Waals surface area (Å²) in [6, 6.07) is 6.15. The molecule has 0 saturated heterocycles. The molecule has 2 nitrogen and oxygen atoms in total. The maximum Gasteiger partial charge on any atom is 0.251 e. The number of hydrogen-bond acceptors (Lipinski definition) is 1. The second kappa shape index (κ2) is 6.75. The van der Waals surface area contributed by atoms with Gasteiger partial charge in [0.25, 0.3) is 5.91 Å². The summed E-state index contributed by atoms with van der Waals surface area (Å²) in [5.74, 6) is 0.0617. The number of benzene rings is 1. The summed E-state index contributed by atoms with van der Waals surface area (Å²) in [5.41, 5.74) is 3.73. The highest BCUT2D eigenvalue weighted by Crippen LogP contribution is 2.24. The molecule has 1 aromatic rings. The van der Waals surface area contributed by atoms with E-state index in [-0.39, 0.29) is 11.3 Å². The van der Waals surface area contributed by atoms with E-state index >= 15 is 0 Å². The second-order valence-electron chi connectivity index (χ2n) is 6.48. The smallest absolute Gasteiger partial charge is 0.251 e. The van der Waals surface area contributed by atoms with E-state index < -0.39 is 0 Å². The number of halogens is 1. The Morgan fingerprint density at radius 2 is 2.05 bits per heavy atom. The van der Waals surface area contributed by atoms with Gasteiger partial charge in [-0.15, -0.1) is 0 Å². The van der Waals surface area contributed by atoms with Gasteiger partial charge in [0.1, 0.15) is 0 Å². The Balaban J connectivity index is 1.92. The molecular formula is C17H24BrNO. The van der Waals surface area contributed by atoms with Gasteiger partial charge in [-0.25, -0.2) is 0 Å². The molecular weight excluding hydrogens is 314 g/mol. The van der Waals surface area contributed by atoms with Gasteiger partial charge in [-0.2, -0.15) is 0 Å². The Morgan fingerprint density at radius 1 is 1.30 bits per heavy atom. The van der Waals surface area contributed by atoms with Crippen LogP contribution in [0.3, 0.4) is 0 Å². The van der Waals surface area contributed by atoms with Crippen LogP contribution in [0.25, 0.3) is 0 Å². The number of carbonyl (C=O) groups is 1. The molecule has 0 aromatic heterocycles. The molecule has 2 rings (SSSR count). The van der Waals surface area contributed by atoms with Gasteiger partial charge in [0.15, 0.2) is 0 Å². The number of hydrogen-bond donors (Lipinski definition) is 1. The standard InChI is InChI=1S/C17H24BrNO/c1-17(2,9-4-10-18)12-19-16(20)15-8-7-13-5-3-6-14(13)11-15/h7-8,11H,3-6,9-10,12H2,1-2H3,(H,19,20). The first-order valence-electron chi connectivity index (χ1n) is 7.48. The summed E-state index contributed by atoms with van der Waals surface area (Å²) < 4.78 is 0. The van der Waals surface area contributed by atoms with Crippen LogP contribution in [0.1, 0.15) is 54.6 Å². The molecule has 0 bridgehead atoms. The fraction of sp³-hybridized carbons (Fsp3) is 0.588. The number of carbonyl (C=O) groups excluding carboxylic acids is 1. The first kappa shape index (κ1) is 15.6. The van der Waals surface area contributed by atoms with Crippen LogP contribution in [0.2, 0.25) is 0 Å². The molecule has 0 unspecified atom stereocenters. The van der Waals surface area contributed by atoms with E-state index in [1.54, 1.807) is 0 Å². The number of aryl methyl sites for hydroxylation is 2. The highest BCUT2D eigenvalue weighted by atomic mass is 79.9. The van der Waals surface area contributed by atoms with Crippen LogP contribution >= 0.6 is 15.9 Å². The van der Waals surface area contributed by atoms with Gasteiger partial charge in [-0.3, -0.25) is 4.79 Å². The average molecular weight is 338 g/mol. The molecule has 0 heterocycles. The molecule has 1 amide bonds. The van der Waals surface area contributed by atoms with E-state index in [9.17, 15) is 4.79 Å². The molecule has 0 aliphatic heterocycles. The second-order valence-corrected chi connectivity index (χ2v) is 7.27. The van der Waals surface area contributed by atoms with E-state index in [1.165, 1.54) is 17.5 Å².